The first-order valence-electron chi connectivity index (χ1n) is 2.21. The lowest BCUT2D eigenvalue weighted by molar-refractivity contribution is 0.824. The van der Waals surface area contributed by atoms with Crippen LogP contribution in [0, 0.1) is 0 Å². The van der Waals surface area contributed by atoms with E-state index >= 15 is 0 Å². The van der Waals surface area contributed by atoms with Crippen LogP contribution in [-0.2, 0) is 0 Å². The molecular weight excluding hydrogens is 95.0 g/mol. The summed E-state index contributed by atoms with van der Waals surface area (Å²) in [6.45, 7) is 2.22. The van der Waals surface area contributed by atoms with Crippen LogP contribution in [0.15, 0.2) is 0 Å². The molecule has 0 aliphatic carbocycles. The van der Waals surface area contributed by atoms with Crippen LogP contribution in [0.3, 0.4) is 0 Å². The Morgan fingerprint density at radius 2 is 2.00 bits per heavy atom. The van der Waals surface area contributed by atoms with Gasteiger partial charge in [0.25, 0.3) is 0 Å². The first-order valence-corrected chi connectivity index (χ1v) is 3.21. The monoisotopic (exact) mass is 108 g/mol. The molecule has 0 heterocycles. The van der Waals surface area contributed by atoms with Gasteiger partial charge in [0.2, 0.25) is 0 Å². The van der Waals surface area contributed by atoms with Gasteiger partial charge in [-0.25, -0.2) is 0 Å². The Morgan fingerprint density at radius 1 is 1.50 bits per heavy atom. The smallest absolute Gasteiger partial charge is 0.0526 e. The molecule has 0 rings (SSSR count). The Morgan fingerprint density at radius 3 is 2.00 bits per heavy atom. The van der Waals surface area contributed by atoms with Crippen LogP contribution >= 0.6 is 9.24 Å². The maximum atomic E-state index is 2.22. The summed E-state index contributed by atoms with van der Waals surface area (Å²) in [5.41, 5.74) is 0. The van der Waals surface area contributed by atoms with E-state index in [2.05, 4.69) is 6.92 Å². The van der Waals surface area contributed by atoms with Crippen LogP contribution in [0.25, 0.3) is 0 Å². The largest absolute Gasteiger partial charge is 0.870 e. The quantitative estimate of drug-likeness (QED) is 0.489. The maximum Gasteiger partial charge on any atom is 0.0526 e. The highest BCUT2D eigenvalue weighted by molar-refractivity contribution is 7.16. The average Bonchev–Trinajstić information content (AvgIpc) is 1.41. The number of hydrogen-bond donors (Lipinski definition) is 0. The topological polar surface area (TPSA) is 30.0 Å². The van der Waals surface area contributed by atoms with E-state index in [-0.39, 0.29) is 5.48 Å². The van der Waals surface area contributed by atoms with Gasteiger partial charge in [0.15, 0.2) is 0 Å². The zero-order valence-electron chi connectivity index (χ0n) is 4.28. The average molecular weight is 108 g/mol. The molecule has 0 radical (unpaired) electrons. The molecule has 0 aromatic carbocycles. The molecule has 0 aliphatic heterocycles. The third-order valence-corrected chi connectivity index (χ3v) is 1.10. The van der Waals surface area contributed by atoms with Crippen molar-refractivity contribution in [3.63, 3.8) is 0 Å². The highest BCUT2D eigenvalue weighted by Crippen LogP contribution is 1.89. The summed E-state index contributed by atoms with van der Waals surface area (Å²) in [5.74, 6) is 0. The Labute approximate surface area is 41.6 Å². The predicted molar refractivity (Wildman–Crippen MR) is 32.8 cm³/mol. The van der Waals surface area contributed by atoms with E-state index in [4.69, 9.17) is 0 Å². The SMILES string of the molecule is CCCC[PH3+].[OH-]. The van der Waals surface area contributed by atoms with E-state index in [0.717, 1.165) is 0 Å². The zero-order valence-corrected chi connectivity index (χ0v) is 5.69. The van der Waals surface area contributed by atoms with E-state index in [0.29, 0.717) is 0 Å². The molecule has 1 atom stereocenters. The summed E-state index contributed by atoms with van der Waals surface area (Å²) >= 11 is 0. The summed E-state index contributed by atoms with van der Waals surface area (Å²) in [6.07, 6.45) is 4.12. The minimum Gasteiger partial charge on any atom is -0.870 e. The van der Waals surface area contributed by atoms with Crippen molar-refractivity contribution < 1.29 is 5.48 Å². The Bertz CT molecular complexity index is 15.0. The number of hydrogen-bond acceptors (Lipinski definition) is 1. The molecule has 0 fully saturated rings. The van der Waals surface area contributed by atoms with Crippen molar-refractivity contribution in [1.82, 2.24) is 0 Å². The summed E-state index contributed by atoms with van der Waals surface area (Å²) in [5, 5.41) is 0. The summed E-state index contributed by atoms with van der Waals surface area (Å²) in [7, 11) is 2.05. The van der Waals surface area contributed by atoms with Crippen LogP contribution in [0.1, 0.15) is 19.8 Å². The van der Waals surface area contributed by atoms with Crippen molar-refractivity contribution in [3.05, 3.63) is 0 Å². The molecule has 6 heavy (non-hydrogen) atoms. The molecule has 0 spiro atoms. The van der Waals surface area contributed by atoms with Gasteiger partial charge >= 0.3 is 0 Å². The van der Waals surface area contributed by atoms with Gasteiger partial charge in [-0.3, -0.25) is 0 Å². The van der Waals surface area contributed by atoms with E-state index in [1.165, 1.54) is 19.0 Å². The lowest BCUT2D eigenvalue weighted by Crippen LogP contribution is -1.64. The minimum atomic E-state index is 0. The first kappa shape index (κ1) is 9.63. The molecule has 1 nitrogen and oxygen atoms in total. The lowest BCUT2D eigenvalue weighted by Gasteiger charge is -1.75. The van der Waals surface area contributed by atoms with Crippen molar-refractivity contribution in [2.24, 2.45) is 0 Å². The van der Waals surface area contributed by atoms with E-state index in [9.17, 15) is 0 Å². The Kier molecular flexibility index (Phi) is 14.5. The van der Waals surface area contributed by atoms with E-state index in [1.54, 1.807) is 0 Å². The zero-order chi connectivity index (χ0) is 4.12. The van der Waals surface area contributed by atoms with Crippen molar-refractivity contribution in [1.29, 1.82) is 0 Å². The normalized spacial score (nSPS) is 7.50. The summed E-state index contributed by atoms with van der Waals surface area (Å²) < 4.78 is 0. The molecule has 0 saturated carbocycles. The number of rotatable bonds is 2. The minimum absolute atomic E-state index is 0. The molecule has 1 unspecified atom stereocenters. The standard InChI is InChI=1S/C4H11P.H2O/c1-2-3-4-5;/h2-5H2,1H3;1H2. The van der Waals surface area contributed by atoms with Crippen LogP contribution in [-0.4, -0.2) is 11.6 Å². The molecule has 0 aromatic heterocycles. The lowest BCUT2D eigenvalue weighted by atomic mass is 10.4. The second-order valence-electron chi connectivity index (χ2n) is 1.21. The summed E-state index contributed by atoms with van der Waals surface area (Å²) in [4.78, 5) is 0. The van der Waals surface area contributed by atoms with Crippen LogP contribution < -0.4 is 0 Å². The molecule has 1 N–H and O–H groups in total. The Balaban J connectivity index is 0. The highest BCUT2D eigenvalue weighted by atomic mass is 31.0. The fourth-order valence-electron chi connectivity index (χ4n) is 0.250. The van der Waals surface area contributed by atoms with Crippen molar-refractivity contribution in [3.8, 4) is 0 Å². The third-order valence-electron chi connectivity index (χ3n) is 0.604. The van der Waals surface area contributed by atoms with Crippen molar-refractivity contribution in [2.75, 3.05) is 6.16 Å². The first-order chi connectivity index (χ1) is 2.41. The second kappa shape index (κ2) is 9.04. The molecular formula is C4H13OP. The van der Waals surface area contributed by atoms with Gasteiger partial charge in [-0.15, -0.1) is 0 Å². The van der Waals surface area contributed by atoms with Crippen LogP contribution in [0.5, 0.6) is 0 Å². The van der Waals surface area contributed by atoms with Gasteiger partial charge in [0, 0.05) is 0 Å². The van der Waals surface area contributed by atoms with Crippen molar-refractivity contribution >= 4 is 9.24 Å². The highest BCUT2D eigenvalue weighted by Gasteiger charge is 1.72. The van der Waals surface area contributed by atoms with Gasteiger partial charge in [0.1, 0.15) is 0 Å². The molecule has 0 saturated heterocycles. The molecule has 2 heteroatoms. The summed E-state index contributed by atoms with van der Waals surface area (Å²) in [6, 6.07) is 0. The van der Waals surface area contributed by atoms with Gasteiger partial charge in [0.05, 0.1) is 6.16 Å². The molecule has 40 valence electrons. The van der Waals surface area contributed by atoms with Crippen LogP contribution in [0.2, 0.25) is 0 Å². The van der Waals surface area contributed by atoms with Gasteiger partial charge in [-0.1, -0.05) is 13.3 Å². The van der Waals surface area contributed by atoms with Gasteiger partial charge < -0.3 is 5.48 Å². The molecule has 0 aromatic rings. The fraction of sp³-hybridized carbons (Fsp3) is 1.00. The van der Waals surface area contributed by atoms with E-state index < -0.39 is 0 Å². The predicted octanol–water partition coefficient (Wildman–Crippen LogP) is 1.22. The molecule has 0 amide bonds. The van der Waals surface area contributed by atoms with E-state index in [1.807, 2.05) is 9.24 Å². The van der Waals surface area contributed by atoms with Crippen molar-refractivity contribution in [2.45, 2.75) is 19.8 Å². The second-order valence-corrected chi connectivity index (χ2v) is 1.91. The van der Waals surface area contributed by atoms with Crippen LogP contribution in [0.4, 0.5) is 0 Å². The molecule has 0 aliphatic rings. The van der Waals surface area contributed by atoms with Gasteiger partial charge in [-0.05, 0) is 15.7 Å². The van der Waals surface area contributed by atoms with Gasteiger partial charge in [-0.2, -0.15) is 0 Å². The Hall–Kier alpha value is 0.390. The third kappa shape index (κ3) is 8.83. The molecule has 0 bridgehead atoms. The fourth-order valence-corrected chi connectivity index (χ4v) is 0.750. The number of unbranched alkanes of at least 4 members (excludes halogenated alkanes) is 1. The maximum absolute atomic E-state index is 2.22.